The van der Waals surface area contributed by atoms with Gasteiger partial charge >= 0.3 is 6.18 Å². The number of benzene rings is 1. The van der Waals surface area contributed by atoms with Gasteiger partial charge < -0.3 is 0 Å². The second-order valence-corrected chi connectivity index (χ2v) is 4.77. The highest BCUT2D eigenvalue weighted by molar-refractivity contribution is 5.30. The lowest BCUT2D eigenvalue weighted by Crippen LogP contribution is -2.33. The maximum atomic E-state index is 13.8. The summed E-state index contributed by atoms with van der Waals surface area (Å²) >= 11 is 0. The molecular formula is C12H13F4NO. The van der Waals surface area contributed by atoms with Crippen molar-refractivity contribution in [3.05, 3.63) is 35.1 Å². The van der Waals surface area contributed by atoms with Crippen LogP contribution in [0.2, 0.25) is 0 Å². The third kappa shape index (κ3) is 2.35. The molecule has 2 nitrogen and oxygen atoms in total. The van der Waals surface area contributed by atoms with Crippen molar-refractivity contribution < 1.29 is 22.4 Å². The molecule has 6 heteroatoms. The van der Waals surface area contributed by atoms with E-state index in [4.69, 9.17) is 0 Å². The number of hydroxylamine groups is 1. The molecule has 0 radical (unpaired) electrons. The first kappa shape index (κ1) is 13.3. The van der Waals surface area contributed by atoms with Gasteiger partial charge in [-0.1, -0.05) is 12.1 Å². The van der Waals surface area contributed by atoms with Crippen molar-refractivity contribution in [1.29, 1.82) is 0 Å². The van der Waals surface area contributed by atoms with Crippen molar-refractivity contribution in [3.8, 4) is 0 Å². The first-order chi connectivity index (χ1) is 8.22. The van der Waals surface area contributed by atoms with E-state index in [1.54, 1.807) is 13.0 Å². The first-order valence-corrected chi connectivity index (χ1v) is 5.48. The lowest BCUT2D eigenvalue weighted by molar-refractivity contribution is -0.218. The SMILES string of the molecule is Cc1ccc([C@]2(C)C[C@@H](C(F)(F)F)ON2)c(F)c1. The average molecular weight is 263 g/mol. The second-order valence-electron chi connectivity index (χ2n) is 4.77. The number of rotatable bonds is 1. The van der Waals surface area contributed by atoms with Crippen molar-refractivity contribution in [2.45, 2.75) is 38.1 Å². The lowest BCUT2D eigenvalue weighted by Gasteiger charge is -2.23. The summed E-state index contributed by atoms with van der Waals surface area (Å²) in [5.74, 6) is -0.531. The van der Waals surface area contributed by atoms with Crippen LogP contribution in [-0.2, 0) is 10.4 Å². The average Bonchev–Trinajstić information content (AvgIpc) is 2.61. The summed E-state index contributed by atoms with van der Waals surface area (Å²) in [7, 11) is 0. The minimum atomic E-state index is -4.45. The molecule has 0 aromatic heterocycles. The summed E-state index contributed by atoms with van der Waals surface area (Å²) in [6, 6.07) is 4.44. The van der Waals surface area contributed by atoms with E-state index in [9.17, 15) is 17.6 Å². The van der Waals surface area contributed by atoms with Gasteiger partial charge in [-0.2, -0.15) is 18.7 Å². The molecule has 100 valence electrons. The van der Waals surface area contributed by atoms with Crippen molar-refractivity contribution >= 4 is 0 Å². The summed E-state index contributed by atoms with van der Waals surface area (Å²) < 4.78 is 51.4. The summed E-state index contributed by atoms with van der Waals surface area (Å²) in [6.07, 6.45) is -6.72. The van der Waals surface area contributed by atoms with Gasteiger partial charge in [0, 0.05) is 12.0 Å². The molecule has 0 aliphatic carbocycles. The van der Waals surface area contributed by atoms with Gasteiger partial charge in [0.2, 0.25) is 0 Å². The topological polar surface area (TPSA) is 21.3 Å². The van der Waals surface area contributed by atoms with E-state index in [0.717, 1.165) is 0 Å². The van der Waals surface area contributed by atoms with Crippen LogP contribution in [0.15, 0.2) is 18.2 Å². The van der Waals surface area contributed by atoms with E-state index in [0.29, 0.717) is 5.56 Å². The zero-order valence-corrected chi connectivity index (χ0v) is 9.94. The number of hydrogen-bond donors (Lipinski definition) is 1. The minimum Gasteiger partial charge on any atom is -0.288 e. The lowest BCUT2D eigenvalue weighted by atomic mass is 9.87. The molecule has 2 atom stereocenters. The van der Waals surface area contributed by atoms with E-state index >= 15 is 0 Å². The summed E-state index contributed by atoms with van der Waals surface area (Å²) in [4.78, 5) is 4.53. The Morgan fingerprint density at radius 2 is 2.06 bits per heavy atom. The van der Waals surface area contributed by atoms with Crippen LogP contribution in [0.3, 0.4) is 0 Å². The molecule has 0 saturated carbocycles. The molecule has 0 unspecified atom stereocenters. The normalized spacial score (nSPS) is 28.7. The van der Waals surface area contributed by atoms with E-state index in [-0.39, 0.29) is 12.0 Å². The van der Waals surface area contributed by atoms with Crippen molar-refractivity contribution in [1.82, 2.24) is 5.48 Å². The molecule has 18 heavy (non-hydrogen) atoms. The van der Waals surface area contributed by atoms with Gasteiger partial charge in [-0.15, -0.1) is 0 Å². The molecule has 1 saturated heterocycles. The van der Waals surface area contributed by atoms with E-state index in [1.807, 2.05) is 0 Å². The molecule has 0 bridgehead atoms. The predicted molar refractivity (Wildman–Crippen MR) is 57.2 cm³/mol. The molecule has 0 spiro atoms. The Morgan fingerprint density at radius 3 is 2.56 bits per heavy atom. The number of hydrogen-bond acceptors (Lipinski definition) is 2. The molecule has 1 N–H and O–H groups in total. The van der Waals surface area contributed by atoms with Crippen LogP contribution in [-0.4, -0.2) is 12.3 Å². The molecule has 1 aromatic rings. The van der Waals surface area contributed by atoms with Crippen molar-refractivity contribution in [2.24, 2.45) is 0 Å². The summed E-state index contributed by atoms with van der Waals surface area (Å²) in [5, 5.41) is 0. The number of aryl methyl sites for hydroxylation is 1. The molecular weight excluding hydrogens is 250 g/mol. The zero-order valence-electron chi connectivity index (χ0n) is 9.94. The highest BCUT2D eigenvalue weighted by Crippen LogP contribution is 2.39. The highest BCUT2D eigenvalue weighted by Gasteiger charge is 2.51. The third-order valence-electron chi connectivity index (χ3n) is 3.10. The van der Waals surface area contributed by atoms with Gasteiger partial charge in [0.1, 0.15) is 5.82 Å². The maximum Gasteiger partial charge on any atom is 0.416 e. The number of nitrogens with one attached hydrogen (secondary N) is 1. The highest BCUT2D eigenvalue weighted by atomic mass is 19.4. The van der Waals surface area contributed by atoms with Gasteiger partial charge in [0.05, 0.1) is 5.54 Å². The van der Waals surface area contributed by atoms with Crippen LogP contribution in [0.1, 0.15) is 24.5 Å². The Morgan fingerprint density at radius 1 is 1.39 bits per heavy atom. The minimum absolute atomic E-state index is 0.180. The largest absolute Gasteiger partial charge is 0.416 e. The summed E-state index contributed by atoms with van der Waals surface area (Å²) in [6.45, 7) is 3.21. The van der Waals surface area contributed by atoms with Crippen LogP contribution < -0.4 is 5.48 Å². The van der Waals surface area contributed by atoms with Gasteiger partial charge in [0.15, 0.2) is 6.10 Å². The van der Waals surface area contributed by atoms with Crippen LogP contribution >= 0.6 is 0 Å². The standard InChI is InChI=1S/C12H13F4NO/c1-7-3-4-8(9(13)5-7)11(2)6-10(18-17-11)12(14,15)16/h3-5,10,17H,6H2,1-2H3/t10-,11-/m0/s1. The monoisotopic (exact) mass is 263 g/mol. The van der Waals surface area contributed by atoms with Crippen LogP contribution in [0.25, 0.3) is 0 Å². The van der Waals surface area contributed by atoms with Gasteiger partial charge in [-0.25, -0.2) is 4.39 Å². The molecule has 0 amide bonds. The van der Waals surface area contributed by atoms with E-state index in [2.05, 4.69) is 10.3 Å². The first-order valence-electron chi connectivity index (χ1n) is 5.48. The molecule has 1 aromatic carbocycles. The third-order valence-corrected chi connectivity index (χ3v) is 3.10. The Bertz CT molecular complexity index is 460. The Hall–Kier alpha value is -1.14. The van der Waals surface area contributed by atoms with Gasteiger partial charge in [-0.3, -0.25) is 4.84 Å². The quantitative estimate of drug-likeness (QED) is 0.785. The fourth-order valence-corrected chi connectivity index (χ4v) is 2.07. The smallest absolute Gasteiger partial charge is 0.288 e. The van der Waals surface area contributed by atoms with E-state index in [1.165, 1.54) is 19.1 Å². The number of alkyl halides is 3. The van der Waals surface area contributed by atoms with Crippen LogP contribution in [0, 0.1) is 12.7 Å². The fraction of sp³-hybridized carbons (Fsp3) is 0.500. The zero-order chi connectivity index (χ0) is 13.6. The molecule has 1 fully saturated rings. The summed E-state index contributed by atoms with van der Waals surface area (Å²) in [5.41, 5.74) is 2.03. The van der Waals surface area contributed by atoms with Crippen molar-refractivity contribution in [3.63, 3.8) is 0 Å². The molecule has 2 rings (SSSR count). The van der Waals surface area contributed by atoms with Gasteiger partial charge in [-0.05, 0) is 25.5 Å². The molecule has 1 heterocycles. The predicted octanol–water partition coefficient (Wildman–Crippen LogP) is 3.21. The Balaban J connectivity index is 2.28. The maximum absolute atomic E-state index is 13.8. The Kier molecular flexibility index (Phi) is 3.11. The number of halogens is 4. The Labute approximate surface area is 102 Å². The van der Waals surface area contributed by atoms with Crippen molar-refractivity contribution in [2.75, 3.05) is 0 Å². The fourth-order valence-electron chi connectivity index (χ4n) is 2.07. The second kappa shape index (κ2) is 4.20. The van der Waals surface area contributed by atoms with Crippen LogP contribution in [0.4, 0.5) is 17.6 Å². The van der Waals surface area contributed by atoms with Gasteiger partial charge in [0.25, 0.3) is 0 Å². The molecule has 1 aliphatic rings. The van der Waals surface area contributed by atoms with E-state index < -0.39 is 23.6 Å². The van der Waals surface area contributed by atoms with Crippen LogP contribution in [0.5, 0.6) is 0 Å². The molecule has 1 aliphatic heterocycles.